The molecule has 3 aromatic heterocycles. The molecular weight excluding hydrogens is 332 g/mol. The molecule has 1 aromatic carbocycles. The summed E-state index contributed by atoms with van der Waals surface area (Å²) in [6.45, 7) is 2.02. The van der Waals surface area contributed by atoms with Gasteiger partial charge in [-0.3, -0.25) is 4.98 Å². The number of aromatic amines is 1. The van der Waals surface area contributed by atoms with Gasteiger partial charge in [0.25, 0.3) is 0 Å². The highest BCUT2D eigenvalue weighted by molar-refractivity contribution is 6.07. The lowest BCUT2D eigenvalue weighted by Crippen LogP contribution is -2.01. The molecule has 7 heteroatoms. The first-order valence-electron chi connectivity index (χ1n) is 8.07. The first-order valence-corrected chi connectivity index (χ1v) is 8.07. The normalized spacial score (nSPS) is 11.2. The second kappa shape index (κ2) is 6.11. The topological polar surface area (TPSA) is 101 Å². The number of H-pyrrole nitrogens is 1. The van der Waals surface area contributed by atoms with Crippen molar-refractivity contribution in [2.75, 3.05) is 7.11 Å². The van der Waals surface area contributed by atoms with Gasteiger partial charge in [-0.05, 0) is 24.1 Å². The van der Waals surface area contributed by atoms with Crippen molar-refractivity contribution < 1.29 is 14.6 Å². The number of esters is 1. The number of aromatic hydroxyl groups is 1. The number of carbonyl (C=O) groups excluding carboxylic acids is 1. The van der Waals surface area contributed by atoms with Gasteiger partial charge in [0.05, 0.1) is 18.2 Å². The van der Waals surface area contributed by atoms with E-state index >= 15 is 0 Å². The fourth-order valence-corrected chi connectivity index (χ4v) is 2.98. The first-order chi connectivity index (χ1) is 12.6. The maximum Gasteiger partial charge on any atom is 0.339 e. The van der Waals surface area contributed by atoms with Crippen LogP contribution < -0.4 is 0 Å². The SMILES string of the molecule is COC(=O)c1cnc2c(c1)[nH]c1nc(Cc3ccccc3C)nc(O)c12. The molecule has 0 radical (unpaired) electrons. The highest BCUT2D eigenvalue weighted by Crippen LogP contribution is 2.29. The zero-order chi connectivity index (χ0) is 18.3. The number of pyridine rings is 1. The van der Waals surface area contributed by atoms with Crippen molar-refractivity contribution in [3.63, 3.8) is 0 Å². The van der Waals surface area contributed by atoms with Crippen LogP contribution in [-0.4, -0.2) is 38.1 Å². The summed E-state index contributed by atoms with van der Waals surface area (Å²) >= 11 is 0. The monoisotopic (exact) mass is 348 g/mol. The minimum absolute atomic E-state index is 0.136. The van der Waals surface area contributed by atoms with Crippen molar-refractivity contribution in [3.8, 4) is 5.88 Å². The molecule has 0 aliphatic rings. The average molecular weight is 348 g/mol. The maximum atomic E-state index is 11.7. The fourth-order valence-electron chi connectivity index (χ4n) is 2.98. The van der Waals surface area contributed by atoms with E-state index < -0.39 is 5.97 Å². The largest absolute Gasteiger partial charge is 0.493 e. The number of nitrogens with zero attached hydrogens (tertiary/aromatic N) is 3. The average Bonchev–Trinajstić information content (AvgIpc) is 3.00. The Labute approximate surface area is 148 Å². The molecule has 0 amide bonds. The molecule has 26 heavy (non-hydrogen) atoms. The van der Waals surface area contributed by atoms with E-state index in [1.165, 1.54) is 13.3 Å². The van der Waals surface area contributed by atoms with E-state index in [1.807, 2.05) is 31.2 Å². The molecule has 2 N–H and O–H groups in total. The second-order valence-corrected chi connectivity index (χ2v) is 6.03. The summed E-state index contributed by atoms with van der Waals surface area (Å²) in [6.07, 6.45) is 1.91. The van der Waals surface area contributed by atoms with E-state index in [0.29, 0.717) is 39.9 Å². The molecule has 0 atom stereocenters. The summed E-state index contributed by atoms with van der Waals surface area (Å²) in [4.78, 5) is 27.8. The van der Waals surface area contributed by atoms with Crippen molar-refractivity contribution in [1.29, 1.82) is 0 Å². The Balaban J connectivity index is 1.82. The molecule has 0 aliphatic carbocycles. The molecular formula is C19H16N4O3. The fraction of sp³-hybridized carbons (Fsp3) is 0.158. The van der Waals surface area contributed by atoms with Gasteiger partial charge in [-0.2, -0.15) is 4.98 Å². The lowest BCUT2D eigenvalue weighted by atomic mass is 10.1. The van der Waals surface area contributed by atoms with Crippen LogP contribution in [0, 0.1) is 6.92 Å². The number of methoxy groups -OCH3 is 1. The highest BCUT2D eigenvalue weighted by Gasteiger charge is 2.17. The number of hydrogen-bond acceptors (Lipinski definition) is 6. The lowest BCUT2D eigenvalue weighted by molar-refractivity contribution is 0.0600. The predicted octanol–water partition coefficient (Wildman–Crippen LogP) is 2.90. The quantitative estimate of drug-likeness (QED) is 0.552. The summed E-state index contributed by atoms with van der Waals surface area (Å²) in [5, 5.41) is 10.8. The first kappa shape index (κ1) is 16.0. The number of rotatable bonds is 3. The molecule has 0 aliphatic heterocycles. The Morgan fingerprint density at radius 1 is 1.27 bits per heavy atom. The van der Waals surface area contributed by atoms with Gasteiger partial charge in [-0.1, -0.05) is 24.3 Å². The van der Waals surface area contributed by atoms with Crippen LogP contribution >= 0.6 is 0 Å². The zero-order valence-corrected chi connectivity index (χ0v) is 14.3. The van der Waals surface area contributed by atoms with Crippen LogP contribution in [0.4, 0.5) is 0 Å². The van der Waals surface area contributed by atoms with Gasteiger partial charge in [0.1, 0.15) is 22.4 Å². The number of carbonyl (C=O) groups is 1. The molecule has 0 saturated carbocycles. The summed E-state index contributed by atoms with van der Waals surface area (Å²) in [5.41, 5.74) is 4.11. The Morgan fingerprint density at radius 3 is 2.85 bits per heavy atom. The molecule has 4 rings (SSSR count). The van der Waals surface area contributed by atoms with Crippen molar-refractivity contribution in [3.05, 3.63) is 59.0 Å². The molecule has 0 fully saturated rings. The highest BCUT2D eigenvalue weighted by atomic mass is 16.5. The Bertz CT molecular complexity index is 1150. The van der Waals surface area contributed by atoms with E-state index in [9.17, 15) is 9.90 Å². The summed E-state index contributed by atoms with van der Waals surface area (Å²) < 4.78 is 4.71. The van der Waals surface area contributed by atoms with Crippen molar-refractivity contribution in [2.24, 2.45) is 0 Å². The molecule has 4 aromatic rings. The Morgan fingerprint density at radius 2 is 2.08 bits per heavy atom. The maximum absolute atomic E-state index is 11.7. The molecule has 0 saturated heterocycles. The summed E-state index contributed by atoms with van der Waals surface area (Å²) in [5.74, 6) is -0.110. The van der Waals surface area contributed by atoms with E-state index in [0.717, 1.165) is 11.1 Å². The third-order valence-electron chi connectivity index (χ3n) is 4.34. The Hall–Kier alpha value is -3.48. The van der Waals surface area contributed by atoms with Gasteiger partial charge < -0.3 is 14.8 Å². The molecule has 0 bridgehead atoms. The van der Waals surface area contributed by atoms with Crippen molar-refractivity contribution in [1.82, 2.24) is 19.9 Å². The number of hydrogen-bond donors (Lipinski definition) is 2. The van der Waals surface area contributed by atoms with Crippen LogP contribution in [0.5, 0.6) is 5.88 Å². The number of ether oxygens (including phenoxy) is 1. The minimum atomic E-state index is -0.478. The minimum Gasteiger partial charge on any atom is -0.493 e. The number of nitrogens with one attached hydrogen (secondary N) is 1. The van der Waals surface area contributed by atoms with Gasteiger partial charge in [-0.25, -0.2) is 9.78 Å². The number of fused-ring (bicyclic) bond motifs is 3. The molecule has 130 valence electrons. The number of benzene rings is 1. The number of aryl methyl sites for hydroxylation is 1. The zero-order valence-electron chi connectivity index (χ0n) is 14.3. The Kier molecular flexibility index (Phi) is 3.76. The van der Waals surface area contributed by atoms with Crippen LogP contribution in [0.2, 0.25) is 0 Å². The van der Waals surface area contributed by atoms with E-state index in [2.05, 4.69) is 19.9 Å². The molecule has 3 heterocycles. The van der Waals surface area contributed by atoms with Crippen molar-refractivity contribution in [2.45, 2.75) is 13.3 Å². The standard InChI is InChI=1S/C19H16N4O3/c1-10-5-3-4-6-11(10)8-14-22-17-15(18(24)23-14)16-13(21-17)7-12(9-20-16)19(25)26-2/h3-7,9H,8H2,1-2H3,(H2,21,22,23,24). The van der Waals surface area contributed by atoms with Crippen molar-refractivity contribution >= 4 is 28.0 Å². The van der Waals surface area contributed by atoms with Crippen LogP contribution in [0.3, 0.4) is 0 Å². The second-order valence-electron chi connectivity index (χ2n) is 6.03. The van der Waals surface area contributed by atoms with Gasteiger partial charge in [0, 0.05) is 12.6 Å². The molecule has 0 unspecified atom stereocenters. The third-order valence-corrected chi connectivity index (χ3v) is 4.34. The van der Waals surface area contributed by atoms with E-state index in [1.54, 1.807) is 6.07 Å². The summed E-state index contributed by atoms with van der Waals surface area (Å²) in [7, 11) is 1.31. The molecule has 0 spiro atoms. The third kappa shape index (κ3) is 2.63. The van der Waals surface area contributed by atoms with Crippen LogP contribution in [0.25, 0.3) is 22.1 Å². The van der Waals surface area contributed by atoms with E-state index in [4.69, 9.17) is 4.74 Å². The van der Waals surface area contributed by atoms with Crippen LogP contribution in [0.1, 0.15) is 27.3 Å². The molecule has 7 nitrogen and oxygen atoms in total. The van der Waals surface area contributed by atoms with Gasteiger partial charge >= 0.3 is 5.97 Å². The number of aromatic nitrogens is 4. The predicted molar refractivity (Wildman–Crippen MR) is 96.2 cm³/mol. The van der Waals surface area contributed by atoms with Crippen LogP contribution in [0.15, 0.2) is 36.5 Å². The summed E-state index contributed by atoms with van der Waals surface area (Å²) in [6, 6.07) is 9.59. The van der Waals surface area contributed by atoms with E-state index in [-0.39, 0.29) is 5.88 Å². The van der Waals surface area contributed by atoms with Crippen LogP contribution in [-0.2, 0) is 11.2 Å². The lowest BCUT2D eigenvalue weighted by Gasteiger charge is -2.05. The van der Waals surface area contributed by atoms with Gasteiger partial charge in [0.2, 0.25) is 5.88 Å². The van der Waals surface area contributed by atoms with Gasteiger partial charge in [0.15, 0.2) is 0 Å². The smallest absolute Gasteiger partial charge is 0.339 e. The van der Waals surface area contributed by atoms with Gasteiger partial charge in [-0.15, -0.1) is 0 Å².